The van der Waals surface area contributed by atoms with Gasteiger partial charge in [0.25, 0.3) is 5.91 Å². The Hall–Kier alpha value is -3.52. The van der Waals surface area contributed by atoms with E-state index in [0.29, 0.717) is 58.0 Å². The summed E-state index contributed by atoms with van der Waals surface area (Å²) >= 11 is 6.34. The van der Waals surface area contributed by atoms with Crippen LogP contribution in [0.25, 0.3) is 22.7 Å². The third kappa shape index (κ3) is 4.14. The summed E-state index contributed by atoms with van der Waals surface area (Å²) in [5.74, 6) is 0.609. The van der Waals surface area contributed by atoms with Crippen molar-refractivity contribution in [3.05, 3.63) is 76.6 Å². The summed E-state index contributed by atoms with van der Waals surface area (Å²) in [5.41, 5.74) is 2.13. The Morgan fingerprint density at radius 3 is 2.73 bits per heavy atom. The van der Waals surface area contributed by atoms with E-state index in [1.54, 1.807) is 30.0 Å². The molecule has 3 heterocycles. The summed E-state index contributed by atoms with van der Waals surface area (Å²) in [6.07, 6.45) is 1.60. The number of piperidine rings is 1. The normalized spacial score (nSPS) is 16.2. The van der Waals surface area contributed by atoms with Crippen molar-refractivity contribution in [1.82, 2.24) is 20.3 Å². The maximum atomic E-state index is 13.5. The van der Waals surface area contributed by atoms with Crippen molar-refractivity contribution in [1.29, 1.82) is 0 Å². The number of hydrogen-bond acceptors (Lipinski definition) is 6. The molecule has 1 aliphatic rings. The summed E-state index contributed by atoms with van der Waals surface area (Å²) in [6, 6.07) is 13.1. The molecule has 1 aliphatic heterocycles. The highest BCUT2D eigenvalue weighted by Crippen LogP contribution is 2.34. The van der Waals surface area contributed by atoms with Crippen molar-refractivity contribution in [2.75, 3.05) is 13.1 Å². The number of rotatable bonds is 4. The third-order valence-electron chi connectivity index (χ3n) is 5.80. The molecular formula is C24H20ClFN4O3. The van der Waals surface area contributed by atoms with Gasteiger partial charge < -0.3 is 13.8 Å². The Morgan fingerprint density at radius 1 is 1.15 bits per heavy atom. The number of aryl methyl sites for hydroxylation is 1. The van der Waals surface area contributed by atoms with Gasteiger partial charge in [-0.05, 0) is 50.1 Å². The molecule has 0 spiro atoms. The summed E-state index contributed by atoms with van der Waals surface area (Å²) in [4.78, 5) is 15.3. The van der Waals surface area contributed by atoms with Gasteiger partial charge in [0, 0.05) is 24.2 Å². The highest BCUT2D eigenvalue weighted by atomic mass is 35.5. The average molecular weight is 467 g/mol. The molecule has 4 aromatic rings. The molecular weight excluding hydrogens is 447 g/mol. The predicted octanol–water partition coefficient (Wildman–Crippen LogP) is 5.51. The molecule has 2 aromatic carbocycles. The standard InChI is InChI=1S/C24H20ClFN4O3/c1-14-20(21(29-33-14)18-6-2-3-7-19(18)25)24(31)30-12-4-5-16(13-30)23-28-27-22(32-23)15-8-10-17(26)11-9-15/h2-3,6-11,16H,4-5,12-13H2,1H3. The quantitative estimate of drug-likeness (QED) is 0.394. The van der Waals surface area contributed by atoms with Gasteiger partial charge in [-0.25, -0.2) is 4.39 Å². The molecule has 9 heteroatoms. The lowest BCUT2D eigenvalue weighted by atomic mass is 9.96. The maximum absolute atomic E-state index is 13.5. The van der Waals surface area contributed by atoms with Crippen molar-refractivity contribution >= 4 is 17.5 Å². The van der Waals surface area contributed by atoms with Crippen molar-refractivity contribution in [3.8, 4) is 22.7 Å². The lowest BCUT2D eigenvalue weighted by molar-refractivity contribution is 0.0697. The van der Waals surface area contributed by atoms with Crippen LogP contribution in [0.2, 0.25) is 5.02 Å². The minimum absolute atomic E-state index is 0.103. The Morgan fingerprint density at radius 2 is 1.94 bits per heavy atom. The molecule has 33 heavy (non-hydrogen) atoms. The summed E-state index contributed by atoms with van der Waals surface area (Å²) in [5, 5.41) is 12.9. The van der Waals surface area contributed by atoms with Crippen LogP contribution in [-0.4, -0.2) is 39.3 Å². The second-order valence-corrected chi connectivity index (χ2v) is 8.39. The first-order valence-electron chi connectivity index (χ1n) is 10.6. The number of nitrogens with zero attached hydrogens (tertiary/aromatic N) is 4. The third-order valence-corrected chi connectivity index (χ3v) is 6.12. The van der Waals surface area contributed by atoms with Crippen LogP contribution in [0.15, 0.2) is 57.5 Å². The largest absolute Gasteiger partial charge is 0.420 e. The Bertz CT molecular complexity index is 1300. The number of aromatic nitrogens is 3. The van der Waals surface area contributed by atoms with Crippen LogP contribution in [0, 0.1) is 12.7 Å². The lowest BCUT2D eigenvalue weighted by Gasteiger charge is -2.31. The number of amides is 1. The van der Waals surface area contributed by atoms with Crippen LogP contribution >= 0.6 is 11.6 Å². The van der Waals surface area contributed by atoms with E-state index in [4.69, 9.17) is 20.5 Å². The molecule has 5 rings (SSSR count). The zero-order valence-electron chi connectivity index (χ0n) is 17.8. The topological polar surface area (TPSA) is 85.3 Å². The summed E-state index contributed by atoms with van der Waals surface area (Å²) in [6.45, 7) is 2.74. The molecule has 168 valence electrons. The molecule has 0 bridgehead atoms. The summed E-state index contributed by atoms with van der Waals surface area (Å²) in [7, 11) is 0. The first-order valence-corrected chi connectivity index (χ1v) is 11.0. The van der Waals surface area contributed by atoms with Crippen LogP contribution in [0.5, 0.6) is 0 Å². The van der Waals surface area contributed by atoms with Crippen LogP contribution < -0.4 is 0 Å². The number of benzene rings is 2. The predicted molar refractivity (Wildman–Crippen MR) is 119 cm³/mol. The Kier molecular flexibility index (Phi) is 5.68. The van der Waals surface area contributed by atoms with Gasteiger partial charge >= 0.3 is 0 Å². The van der Waals surface area contributed by atoms with Crippen LogP contribution in [-0.2, 0) is 0 Å². The first kappa shape index (κ1) is 21.3. The summed E-state index contributed by atoms with van der Waals surface area (Å²) < 4.78 is 24.4. The van der Waals surface area contributed by atoms with Crippen LogP contribution in [0.1, 0.15) is 40.8 Å². The minimum atomic E-state index is -0.333. The van der Waals surface area contributed by atoms with Crippen LogP contribution in [0.3, 0.4) is 0 Å². The molecule has 0 N–H and O–H groups in total. The number of halogens is 2. The van der Waals surface area contributed by atoms with Gasteiger partial charge in [-0.15, -0.1) is 10.2 Å². The molecule has 2 aromatic heterocycles. The van der Waals surface area contributed by atoms with E-state index in [1.807, 2.05) is 18.2 Å². The van der Waals surface area contributed by atoms with Crippen molar-refractivity contribution in [2.45, 2.75) is 25.7 Å². The number of hydrogen-bond donors (Lipinski definition) is 0. The molecule has 0 radical (unpaired) electrons. The van der Waals surface area contributed by atoms with E-state index >= 15 is 0 Å². The molecule has 1 fully saturated rings. The van der Waals surface area contributed by atoms with Crippen molar-refractivity contribution in [2.24, 2.45) is 0 Å². The fourth-order valence-corrected chi connectivity index (χ4v) is 4.32. The first-order chi connectivity index (χ1) is 16.0. The zero-order chi connectivity index (χ0) is 22.9. The van der Waals surface area contributed by atoms with Crippen molar-refractivity contribution in [3.63, 3.8) is 0 Å². The maximum Gasteiger partial charge on any atom is 0.259 e. The fraction of sp³-hybridized carbons (Fsp3) is 0.250. The van der Waals surface area contributed by atoms with Gasteiger partial charge in [0.05, 0.1) is 10.9 Å². The number of likely N-dealkylation sites (tertiary alicyclic amines) is 1. The highest BCUT2D eigenvalue weighted by molar-refractivity contribution is 6.33. The van der Waals surface area contributed by atoms with Gasteiger partial charge in [0.1, 0.15) is 22.8 Å². The Balaban J connectivity index is 1.38. The molecule has 0 saturated carbocycles. The smallest absolute Gasteiger partial charge is 0.259 e. The van der Waals surface area contributed by atoms with Gasteiger partial charge in [-0.1, -0.05) is 35.0 Å². The highest BCUT2D eigenvalue weighted by Gasteiger charge is 2.32. The minimum Gasteiger partial charge on any atom is -0.420 e. The van der Waals surface area contributed by atoms with Crippen molar-refractivity contribution < 1.29 is 18.1 Å². The van der Waals surface area contributed by atoms with E-state index in [9.17, 15) is 9.18 Å². The number of carbonyl (C=O) groups excluding carboxylic acids is 1. The van der Waals surface area contributed by atoms with Gasteiger partial charge in [0.2, 0.25) is 11.8 Å². The molecule has 1 saturated heterocycles. The fourth-order valence-electron chi connectivity index (χ4n) is 4.09. The SMILES string of the molecule is Cc1onc(-c2ccccc2Cl)c1C(=O)N1CCCC(c2nnc(-c3ccc(F)cc3)o2)C1. The molecule has 7 nitrogen and oxygen atoms in total. The van der Waals surface area contributed by atoms with Gasteiger partial charge in [0.15, 0.2) is 0 Å². The molecule has 1 unspecified atom stereocenters. The second kappa shape index (κ2) is 8.78. The van der Waals surface area contributed by atoms with Crippen LogP contribution in [0.4, 0.5) is 4.39 Å². The van der Waals surface area contributed by atoms with E-state index in [2.05, 4.69) is 15.4 Å². The van der Waals surface area contributed by atoms with E-state index in [1.165, 1.54) is 12.1 Å². The lowest BCUT2D eigenvalue weighted by Crippen LogP contribution is -2.39. The monoisotopic (exact) mass is 466 g/mol. The van der Waals surface area contributed by atoms with E-state index < -0.39 is 0 Å². The average Bonchev–Trinajstić information content (AvgIpc) is 3.47. The van der Waals surface area contributed by atoms with E-state index in [-0.39, 0.29) is 17.6 Å². The zero-order valence-corrected chi connectivity index (χ0v) is 18.6. The van der Waals surface area contributed by atoms with Gasteiger partial charge in [-0.2, -0.15) is 0 Å². The molecule has 1 atom stereocenters. The van der Waals surface area contributed by atoms with Gasteiger partial charge in [-0.3, -0.25) is 4.79 Å². The van der Waals surface area contributed by atoms with E-state index in [0.717, 1.165) is 12.8 Å². The molecule has 0 aliphatic carbocycles. The Labute approximate surface area is 194 Å². The molecule has 1 amide bonds. The number of carbonyl (C=O) groups is 1. The second-order valence-electron chi connectivity index (χ2n) is 7.98.